The molecule has 0 radical (unpaired) electrons. The lowest BCUT2D eigenvalue weighted by atomic mass is 10.0. The number of benzene rings is 1. The molecule has 0 aliphatic carbocycles. The van der Waals surface area contributed by atoms with E-state index in [-0.39, 0.29) is 11.9 Å². The first-order chi connectivity index (χ1) is 12.0. The topological polar surface area (TPSA) is 49.3 Å². The van der Waals surface area contributed by atoms with Gasteiger partial charge in [-0.3, -0.25) is 4.79 Å². The molecule has 1 atom stereocenters. The van der Waals surface area contributed by atoms with E-state index < -0.39 is 0 Å². The molecule has 1 fully saturated rings. The number of likely N-dealkylation sites (N-methyl/N-ethyl adjacent to an activating group) is 1. The lowest BCUT2D eigenvalue weighted by Crippen LogP contribution is -2.49. The summed E-state index contributed by atoms with van der Waals surface area (Å²) >= 11 is 1.42. The van der Waals surface area contributed by atoms with E-state index in [1.54, 1.807) is 0 Å². The summed E-state index contributed by atoms with van der Waals surface area (Å²) < 4.78 is 0. The molecule has 1 aromatic heterocycles. The largest absolute Gasteiger partial charge is 0.332 e. The first kappa shape index (κ1) is 17.9. The van der Waals surface area contributed by atoms with Crippen molar-refractivity contribution in [2.45, 2.75) is 25.0 Å². The van der Waals surface area contributed by atoms with Crippen molar-refractivity contribution in [3.05, 3.63) is 53.3 Å². The van der Waals surface area contributed by atoms with Gasteiger partial charge in [0.25, 0.3) is 0 Å². The summed E-state index contributed by atoms with van der Waals surface area (Å²) in [4.78, 5) is 26.0. The number of rotatable bonds is 4. The molecule has 1 aliphatic rings. The number of piperazine rings is 1. The molecular formula is C19H24N4OS. The minimum atomic E-state index is 0.105. The molecule has 6 heteroatoms. The van der Waals surface area contributed by atoms with Crippen molar-refractivity contribution in [2.24, 2.45) is 0 Å². The van der Waals surface area contributed by atoms with E-state index in [0.717, 1.165) is 31.0 Å². The van der Waals surface area contributed by atoms with Gasteiger partial charge in [-0.25, -0.2) is 9.97 Å². The smallest absolute Gasteiger partial charge is 0.233 e. The van der Waals surface area contributed by atoms with Crippen molar-refractivity contribution < 1.29 is 4.79 Å². The van der Waals surface area contributed by atoms with Crippen LogP contribution in [0.4, 0.5) is 0 Å². The summed E-state index contributed by atoms with van der Waals surface area (Å²) in [6.07, 6.45) is 0. The number of hydrogen-bond donors (Lipinski definition) is 0. The second-order valence-corrected chi connectivity index (χ2v) is 7.44. The first-order valence-electron chi connectivity index (χ1n) is 8.51. The van der Waals surface area contributed by atoms with Gasteiger partial charge >= 0.3 is 0 Å². The van der Waals surface area contributed by atoms with Crippen LogP contribution in [-0.2, 0) is 4.79 Å². The zero-order valence-electron chi connectivity index (χ0n) is 15.0. The Kier molecular flexibility index (Phi) is 5.71. The molecule has 1 amide bonds. The summed E-state index contributed by atoms with van der Waals surface area (Å²) in [5.41, 5.74) is 3.06. The fourth-order valence-corrected chi connectivity index (χ4v) is 3.98. The van der Waals surface area contributed by atoms with Crippen molar-refractivity contribution in [1.29, 1.82) is 0 Å². The van der Waals surface area contributed by atoms with E-state index >= 15 is 0 Å². The lowest BCUT2D eigenvalue weighted by Gasteiger charge is -2.40. The second-order valence-electron chi connectivity index (χ2n) is 6.50. The Bertz CT molecular complexity index is 717. The Morgan fingerprint density at radius 1 is 1.16 bits per heavy atom. The molecule has 1 saturated heterocycles. The summed E-state index contributed by atoms with van der Waals surface area (Å²) in [7, 11) is 2.11. The van der Waals surface area contributed by atoms with Crippen molar-refractivity contribution in [1.82, 2.24) is 19.8 Å². The maximum Gasteiger partial charge on any atom is 0.233 e. The number of carbonyl (C=O) groups excluding carboxylic acids is 1. The highest BCUT2D eigenvalue weighted by atomic mass is 32.2. The molecular weight excluding hydrogens is 332 g/mol. The number of thioether (sulfide) groups is 1. The monoisotopic (exact) mass is 356 g/mol. The SMILES string of the molecule is Cc1cc(C)nc(SCC(=O)N2CCN(C)CC2c2ccccc2)n1. The van der Waals surface area contributed by atoms with Gasteiger partial charge in [-0.05, 0) is 32.5 Å². The molecule has 2 heterocycles. The third kappa shape index (κ3) is 4.58. The van der Waals surface area contributed by atoms with Gasteiger partial charge in [-0.15, -0.1) is 0 Å². The molecule has 25 heavy (non-hydrogen) atoms. The third-order valence-corrected chi connectivity index (χ3v) is 5.21. The molecule has 132 valence electrons. The molecule has 0 N–H and O–H groups in total. The summed E-state index contributed by atoms with van der Waals surface area (Å²) in [5.74, 6) is 0.519. The number of hydrogen-bond acceptors (Lipinski definition) is 5. The van der Waals surface area contributed by atoms with Crippen LogP contribution in [0.5, 0.6) is 0 Å². The molecule has 0 bridgehead atoms. The molecule has 1 aromatic carbocycles. The highest BCUT2D eigenvalue weighted by Crippen LogP contribution is 2.26. The van der Waals surface area contributed by atoms with Crippen LogP contribution in [0.15, 0.2) is 41.6 Å². The molecule has 3 rings (SSSR count). The zero-order chi connectivity index (χ0) is 17.8. The predicted octanol–water partition coefficient (Wildman–Crippen LogP) is 2.70. The standard InChI is InChI=1S/C19H24N4OS/c1-14-11-15(2)21-19(20-14)25-13-18(24)23-10-9-22(3)12-17(23)16-7-5-4-6-8-16/h4-8,11,17H,9-10,12-13H2,1-3H3. The summed E-state index contributed by atoms with van der Waals surface area (Å²) in [6.45, 7) is 6.42. The fraction of sp³-hybridized carbons (Fsp3) is 0.421. The number of nitrogens with zero attached hydrogens (tertiary/aromatic N) is 4. The number of aryl methyl sites for hydroxylation is 2. The Balaban J connectivity index is 1.70. The summed E-state index contributed by atoms with van der Waals surface area (Å²) in [6, 6.07) is 12.3. The molecule has 0 spiro atoms. The van der Waals surface area contributed by atoms with E-state index in [0.29, 0.717) is 10.9 Å². The average Bonchev–Trinajstić information content (AvgIpc) is 2.59. The zero-order valence-corrected chi connectivity index (χ0v) is 15.8. The van der Waals surface area contributed by atoms with Crippen LogP contribution in [0, 0.1) is 13.8 Å². The minimum absolute atomic E-state index is 0.105. The van der Waals surface area contributed by atoms with E-state index in [1.807, 2.05) is 43.0 Å². The Hall–Kier alpha value is -1.92. The molecule has 5 nitrogen and oxygen atoms in total. The van der Waals surface area contributed by atoms with Crippen LogP contribution in [0.25, 0.3) is 0 Å². The molecule has 0 saturated carbocycles. The van der Waals surface area contributed by atoms with Gasteiger partial charge in [0, 0.05) is 31.0 Å². The second kappa shape index (κ2) is 7.97. The van der Waals surface area contributed by atoms with Crippen LogP contribution in [-0.4, -0.2) is 58.1 Å². The Morgan fingerprint density at radius 2 is 1.84 bits per heavy atom. The Labute approximate surface area is 153 Å². The normalized spacial score (nSPS) is 18.4. The van der Waals surface area contributed by atoms with Gasteiger partial charge in [0.1, 0.15) is 0 Å². The van der Waals surface area contributed by atoms with Gasteiger partial charge < -0.3 is 9.80 Å². The van der Waals surface area contributed by atoms with Crippen LogP contribution >= 0.6 is 11.8 Å². The highest BCUT2D eigenvalue weighted by Gasteiger charge is 2.30. The Morgan fingerprint density at radius 3 is 2.52 bits per heavy atom. The fourth-order valence-electron chi connectivity index (χ4n) is 3.15. The third-order valence-electron chi connectivity index (χ3n) is 4.37. The highest BCUT2D eigenvalue weighted by molar-refractivity contribution is 7.99. The van der Waals surface area contributed by atoms with Crippen LogP contribution in [0.1, 0.15) is 23.0 Å². The van der Waals surface area contributed by atoms with Crippen LogP contribution < -0.4 is 0 Å². The molecule has 1 unspecified atom stereocenters. The van der Waals surface area contributed by atoms with Gasteiger partial charge in [0.2, 0.25) is 5.91 Å². The molecule has 1 aliphatic heterocycles. The van der Waals surface area contributed by atoms with Gasteiger partial charge in [-0.1, -0.05) is 42.1 Å². The maximum atomic E-state index is 12.9. The lowest BCUT2D eigenvalue weighted by molar-refractivity contribution is -0.133. The number of carbonyl (C=O) groups is 1. The molecule has 2 aromatic rings. The van der Waals surface area contributed by atoms with Crippen molar-refractivity contribution in [3.8, 4) is 0 Å². The van der Waals surface area contributed by atoms with Crippen LogP contribution in [0.2, 0.25) is 0 Å². The van der Waals surface area contributed by atoms with E-state index in [1.165, 1.54) is 17.3 Å². The van der Waals surface area contributed by atoms with Crippen molar-refractivity contribution >= 4 is 17.7 Å². The maximum absolute atomic E-state index is 12.9. The van der Waals surface area contributed by atoms with Gasteiger partial charge in [-0.2, -0.15) is 0 Å². The van der Waals surface area contributed by atoms with E-state index in [4.69, 9.17) is 0 Å². The van der Waals surface area contributed by atoms with E-state index in [9.17, 15) is 4.79 Å². The van der Waals surface area contributed by atoms with Gasteiger partial charge in [0.05, 0.1) is 11.8 Å². The number of aromatic nitrogens is 2. The average molecular weight is 356 g/mol. The van der Waals surface area contributed by atoms with Crippen molar-refractivity contribution in [3.63, 3.8) is 0 Å². The summed E-state index contributed by atoms with van der Waals surface area (Å²) in [5, 5.41) is 0.677. The van der Waals surface area contributed by atoms with E-state index in [2.05, 4.69) is 34.0 Å². The quantitative estimate of drug-likeness (QED) is 0.623. The predicted molar refractivity (Wildman–Crippen MR) is 101 cm³/mol. The van der Waals surface area contributed by atoms with Crippen molar-refractivity contribution in [2.75, 3.05) is 32.4 Å². The minimum Gasteiger partial charge on any atom is -0.332 e. The van der Waals surface area contributed by atoms with Gasteiger partial charge in [0.15, 0.2) is 5.16 Å². The number of amides is 1. The first-order valence-corrected chi connectivity index (χ1v) is 9.49. The van der Waals surface area contributed by atoms with Crippen LogP contribution in [0.3, 0.4) is 0 Å².